The summed E-state index contributed by atoms with van der Waals surface area (Å²) in [4.78, 5) is 14.0. The summed E-state index contributed by atoms with van der Waals surface area (Å²) in [6, 6.07) is 6.76. The average molecular weight is 408 g/mol. The van der Waals surface area contributed by atoms with Crippen molar-refractivity contribution in [2.75, 3.05) is 38.1 Å². The molecule has 0 aliphatic carbocycles. The number of halogens is 3. The fourth-order valence-corrected chi connectivity index (χ4v) is 3.37. The molecule has 0 spiro atoms. The zero-order valence-corrected chi connectivity index (χ0v) is 17.3. The molecule has 1 fully saturated rings. The number of carbonyl (C=O) groups is 1. The van der Waals surface area contributed by atoms with Crippen molar-refractivity contribution in [3.63, 3.8) is 0 Å². The van der Waals surface area contributed by atoms with Crippen molar-refractivity contribution in [3.05, 3.63) is 30.1 Å². The van der Waals surface area contributed by atoms with Crippen LogP contribution in [-0.4, -0.2) is 39.1 Å². The number of nitrogens with zero attached hydrogens (tertiary/aromatic N) is 1. The van der Waals surface area contributed by atoms with Gasteiger partial charge >= 0.3 is 0 Å². The molecule has 0 saturated carbocycles. The summed E-state index contributed by atoms with van der Waals surface area (Å²) in [7, 11) is 1.87. The largest absolute Gasteiger partial charge is 0.372 e. The molecule has 0 radical (unpaired) electrons. The zero-order valence-electron chi connectivity index (χ0n) is 15.7. The zero-order chi connectivity index (χ0) is 17.4. The number of benzene rings is 1. The number of para-hydroxylation sites is 1. The minimum Gasteiger partial charge on any atom is -0.372 e. The third kappa shape index (κ3) is 8.11. The molecule has 2 rings (SSSR count). The number of hydrogen-bond donors (Lipinski definition) is 2. The maximum Gasteiger partial charge on any atom is 0.220 e. The van der Waals surface area contributed by atoms with Gasteiger partial charge in [-0.3, -0.25) is 4.79 Å². The van der Waals surface area contributed by atoms with Crippen molar-refractivity contribution < 1.29 is 9.18 Å². The van der Waals surface area contributed by atoms with E-state index in [2.05, 4.69) is 17.6 Å². The Kier molecular flexibility index (Phi) is 12.7. The fraction of sp³-hybridized carbons (Fsp3) is 0.632. The molecule has 1 aromatic rings. The standard InChI is InChI=1S/C19H30FN3O.2ClH/c1-15(16-8-11-21-12-9-16)14-19(24)22-10-5-13-23(2)18-7-4-3-6-17(18)20;;/h3-4,6-7,15-16,21H,5,8-14H2,1-2H3,(H,22,24);2*1H. The molecule has 4 nitrogen and oxygen atoms in total. The molecular formula is C19H32Cl2FN3O. The van der Waals surface area contributed by atoms with Crippen LogP contribution in [0.5, 0.6) is 0 Å². The van der Waals surface area contributed by atoms with Crippen LogP contribution in [0.3, 0.4) is 0 Å². The smallest absolute Gasteiger partial charge is 0.220 e. The van der Waals surface area contributed by atoms with Gasteiger partial charge in [0, 0.05) is 26.6 Å². The Hall–Kier alpha value is -1.04. The number of rotatable bonds is 8. The summed E-state index contributed by atoms with van der Waals surface area (Å²) in [6.07, 6.45) is 3.75. The normalized spacial score (nSPS) is 15.3. The highest BCUT2D eigenvalue weighted by Crippen LogP contribution is 2.24. The van der Waals surface area contributed by atoms with E-state index < -0.39 is 0 Å². The van der Waals surface area contributed by atoms with Crippen LogP contribution in [0, 0.1) is 17.7 Å². The van der Waals surface area contributed by atoms with Crippen molar-refractivity contribution in [1.82, 2.24) is 10.6 Å². The number of hydrogen-bond acceptors (Lipinski definition) is 3. The van der Waals surface area contributed by atoms with Gasteiger partial charge < -0.3 is 15.5 Å². The van der Waals surface area contributed by atoms with Crippen molar-refractivity contribution in [1.29, 1.82) is 0 Å². The van der Waals surface area contributed by atoms with Crippen LogP contribution in [0.4, 0.5) is 10.1 Å². The highest BCUT2D eigenvalue weighted by Gasteiger charge is 2.21. The first-order chi connectivity index (χ1) is 11.6. The van der Waals surface area contributed by atoms with Crippen molar-refractivity contribution in [3.8, 4) is 0 Å². The van der Waals surface area contributed by atoms with Gasteiger partial charge in [0.25, 0.3) is 0 Å². The van der Waals surface area contributed by atoms with Gasteiger partial charge in [0.1, 0.15) is 5.82 Å². The van der Waals surface area contributed by atoms with Gasteiger partial charge in [-0.1, -0.05) is 19.1 Å². The van der Waals surface area contributed by atoms with E-state index in [-0.39, 0.29) is 36.5 Å². The molecule has 7 heteroatoms. The summed E-state index contributed by atoms with van der Waals surface area (Å²) in [5.41, 5.74) is 0.600. The Balaban J connectivity index is 0.00000312. The van der Waals surface area contributed by atoms with Crippen LogP contribution in [0.1, 0.15) is 32.6 Å². The first-order valence-corrected chi connectivity index (χ1v) is 9.01. The first kappa shape index (κ1) is 25.0. The Labute approximate surface area is 169 Å². The topological polar surface area (TPSA) is 44.4 Å². The van der Waals surface area contributed by atoms with E-state index in [0.717, 1.165) is 19.5 Å². The monoisotopic (exact) mass is 407 g/mol. The molecule has 1 amide bonds. The molecule has 1 saturated heterocycles. The Morgan fingerprint density at radius 2 is 1.96 bits per heavy atom. The second-order valence-electron chi connectivity index (χ2n) is 6.85. The summed E-state index contributed by atoms with van der Waals surface area (Å²) in [6.45, 7) is 5.67. The van der Waals surface area contributed by atoms with Gasteiger partial charge in [0.05, 0.1) is 5.69 Å². The van der Waals surface area contributed by atoms with Crippen molar-refractivity contribution >= 4 is 36.4 Å². The van der Waals surface area contributed by atoms with E-state index in [9.17, 15) is 9.18 Å². The van der Waals surface area contributed by atoms with E-state index in [0.29, 0.717) is 37.0 Å². The number of piperidine rings is 1. The lowest BCUT2D eigenvalue weighted by molar-refractivity contribution is -0.122. The molecule has 1 unspecified atom stereocenters. The van der Waals surface area contributed by atoms with Gasteiger partial charge in [0.2, 0.25) is 5.91 Å². The molecule has 1 atom stereocenters. The molecule has 1 heterocycles. The highest BCUT2D eigenvalue weighted by molar-refractivity contribution is 5.85. The first-order valence-electron chi connectivity index (χ1n) is 9.01. The number of carbonyl (C=O) groups excluding carboxylic acids is 1. The number of nitrogens with one attached hydrogen (secondary N) is 2. The maximum absolute atomic E-state index is 13.7. The Bertz CT molecular complexity index is 527. The minimum atomic E-state index is -0.208. The lowest BCUT2D eigenvalue weighted by atomic mass is 9.84. The van der Waals surface area contributed by atoms with Gasteiger partial charge in [-0.2, -0.15) is 0 Å². The van der Waals surface area contributed by atoms with E-state index in [1.165, 1.54) is 18.9 Å². The third-order valence-corrected chi connectivity index (χ3v) is 4.95. The summed E-state index contributed by atoms with van der Waals surface area (Å²) in [5.74, 6) is 1.02. The summed E-state index contributed by atoms with van der Waals surface area (Å²) >= 11 is 0. The van der Waals surface area contributed by atoms with E-state index in [1.807, 2.05) is 18.0 Å². The Morgan fingerprint density at radius 3 is 2.62 bits per heavy atom. The van der Waals surface area contributed by atoms with Crippen molar-refractivity contribution in [2.24, 2.45) is 11.8 Å². The van der Waals surface area contributed by atoms with Gasteiger partial charge in [-0.25, -0.2) is 4.39 Å². The molecule has 2 N–H and O–H groups in total. The van der Waals surface area contributed by atoms with Crippen LogP contribution in [0.2, 0.25) is 0 Å². The molecule has 26 heavy (non-hydrogen) atoms. The fourth-order valence-electron chi connectivity index (χ4n) is 3.37. The van der Waals surface area contributed by atoms with Crippen LogP contribution in [0.25, 0.3) is 0 Å². The van der Waals surface area contributed by atoms with Gasteiger partial charge in [0.15, 0.2) is 0 Å². The van der Waals surface area contributed by atoms with Crippen molar-refractivity contribution in [2.45, 2.75) is 32.6 Å². The molecule has 1 aromatic carbocycles. The van der Waals surface area contributed by atoms with Crippen LogP contribution < -0.4 is 15.5 Å². The molecule has 1 aliphatic rings. The third-order valence-electron chi connectivity index (χ3n) is 4.95. The predicted molar refractivity (Wildman–Crippen MR) is 111 cm³/mol. The SMILES string of the molecule is CC(CC(=O)NCCCN(C)c1ccccc1F)C1CCNCC1.Cl.Cl. The lowest BCUT2D eigenvalue weighted by Gasteiger charge is -2.28. The molecule has 150 valence electrons. The molecule has 0 bridgehead atoms. The van der Waals surface area contributed by atoms with Crippen LogP contribution >= 0.6 is 24.8 Å². The highest BCUT2D eigenvalue weighted by atomic mass is 35.5. The van der Waals surface area contributed by atoms with Crippen LogP contribution in [-0.2, 0) is 4.79 Å². The Morgan fingerprint density at radius 1 is 1.31 bits per heavy atom. The maximum atomic E-state index is 13.7. The summed E-state index contributed by atoms with van der Waals surface area (Å²) < 4.78 is 13.7. The van der Waals surface area contributed by atoms with E-state index in [1.54, 1.807) is 12.1 Å². The lowest BCUT2D eigenvalue weighted by Crippen LogP contribution is -2.34. The molecule has 1 aliphatic heterocycles. The number of amides is 1. The van der Waals surface area contributed by atoms with Gasteiger partial charge in [-0.05, 0) is 56.3 Å². The van der Waals surface area contributed by atoms with E-state index >= 15 is 0 Å². The van der Waals surface area contributed by atoms with Crippen LogP contribution in [0.15, 0.2) is 24.3 Å². The quantitative estimate of drug-likeness (QED) is 0.646. The second-order valence-corrected chi connectivity index (χ2v) is 6.85. The van der Waals surface area contributed by atoms with Gasteiger partial charge in [-0.15, -0.1) is 24.8 Å². The molecular weight excluding hydrogens is 376 g/mol. The number of anilines is 1. The summed E-state index contributed by atoms with van der Waals surface area (Å²) in [5, 5.41) is 6.36. The molecule has 0 aromatic heterocycles. The average Bonchev–Trinajstić information content (AvgIpc) is 2.59. The predicted octanol–water partition coefficient (Wildman–Crippen LogP) is 3.64. The second kappa shape index (κ2) is 13.2. The minimum absolute atomic E-state index is 0. The van der Waals surface area contributed by atoms with E-state index in [4.69, 9.17) is 0 Å².